The summed E-state index contributed by atoms with van der Waals surface area (Å²) in [6.45, 7) is 5.25. The Balaban J connectivity index is 2.40. The number of nitrogens with one attached hydrogen (secondary N) is 1. The molecular formula is C13H18FN3S. The lowest BCUT2D eigenvalue weighted by atomic mass is 10.1. The minimum Gasteiger partial charge on any atom is -0.384 e. The number of halogens is 1. The quantitative estimate of drug-likeness (QED) is 0.639. The fraction of sp³-hybridized carbons (Fsp3) is 0.462. The van der Waals surface area contributed by atoms with Crippen LogP contribution in [0.1, 0.15) is 19.4 Å². The topological polar surface area (TPSA) is 53.1 Å². The first-order chi connectivity index (χ1) is 8.50. The predicted molar refractivity (Wildman–Crippen MR) is 76.1 cm³/mol. The third kappa shape index (κ3) is 2.46. The number of anilines is 1. The van der Waals surface area contributed by atoms with Crippen molar-refractivity contribution in [3.8, 4) is 0 Å². The molecule has 2 unspecified atom stereocenters. The van der Waals surface area contributed by atoms with E-state index in [0.29, 0.717) is 16.9 Å². The van der Waals surface area contributed by atoms with Gasteiger partial charge in [0.25, 0.3) is 0 Å². The van der Waals surface area contributed by atoms with E-state index >= 15 is 0 Å². The maximum atomic E-state index is 13.3. The maximum Gasteiger partial charge on any atom is 0.125 e. The summed E-state index contributed by atoms with van der Waals surface area (Å²) in [5, 5.41) is 8.10. The van der Waals surface area contributed by atoms with Gasteiger partial charge in [-0.05, 0) is 25.1 Å². The second-order valence-electron chi connectivity index (χ2n) is 4.59. The average Bonchev–Trinajstić information content (AvgIpc) is 2.33. The van der Waals surface area contributed by atoms with Gasteiger partial charge in [-0.25, -0.2) is 4.39 Å². The zero-order valence-electron chi connectivity index (χ0n) is 10.6. The predicted octanol–water partition coefficient (Wildman–Crippen LogP) is 2.44. The fourth-order valence-electron chi connectivity index (χ4n) is 2.25. The van der Waals surface area contributed by atoms with Gasteiger partial charge in [0.2, 0.25) is 0 Å². The molecule has 3 nitrogen and oxygen atoms in total. The van der Waals surface area contributed by atoms with Crippen LogP contribution < -0.4 is 10.6 Å². The van der Waals surface area contributed by atoms with E-state index in [1.807, 2.05) is 11.8 Å². The van der Waals surface area contributed by atoms with Crippen LogP contribution >= 0.6 is 11.8 Å². The van der Waals surface area contributed by atoms with Crippen LogP contribution in [0.5, 0.6) is 0 Å². The summed E-state index contributed by atoms with van der Waals surface area (Å²) in [7, 11) is 0. The SMILES string of the molecule is CC1SCCN(c2ccc(F)cc2C(=N)N)C1C. The second kappa shape index (κ2) is 5.18. The van der Waals surface area contributed by atoms with Crippen molar-refractivity contribution in [2.24, 2.45) is 5.73 Å². The van der Waals surface area contributed by atoms with Crippen LogP contribution in [0.25, 0.3) is 0 Å². The van der Waals surface area contributed by atoms with Crippen molar-refractivity contribution < 1.29 is 4.39 Å². The van der Waals surface area contributed by atoms with Gasteiger partial charge in [0.05, 0.1) is 0 Å². The van der Waals surface area contributed by atoms with Crippen molar-refractivity contribution in [2.45, 2.75) is 25.1 Å². The molecule has 1 aromatic carbocycles. The minimum atomic E-state index is -0.351. The Kier molecular flexibility index (Phi) is 3.80. The van der Waals surface area contributed by atoms with Crippen LogP contribution in [0, 0.1) is 11.2 Å². The van der Waals surface area contributed by atoms with Crippen molar-refractivity contribution >= 4 is 23.3 Å². The van der Waals surface area contributed by atoms with E-state index in [-0.39, 0.29) is 11.7 Å². The molecule has 2 rings (SSSR count). The Morgan fingerprint density at radius 2 is 2.22 bits per heavy atom. The van der Waals surface area contributed by atoms with Gasteiger partial charge in [0, 0.05) is 34.8 Å². The van der Waals surface area contributed by atoms with Gasteiger partial charge in [-0.2, -0.15) is 11.8 Å². The third-order valence-corrected chi connectivity index (χ3v) is 4.78. The smallest absolute Gasteiger partial charge is 0.125 e. The lowest BCUT2D eigenvalue weighted by Crippen LogP contribution is -2.45. The number of rotatable bonds is 2. The van der Waals surface area contributed by atoms with Crippen molar-refractivity contribution in [1.82, 2.24) is 0 Å². The van der Waals surface area contributed by atoms with Gasteiger partial charge >= 0.3 is 0 Å². The van der Waals surface area contributed by atoms with Crippen molar-refractivity contribution in [2.75, 3.05) is 17.2 Å². The molecule has 0 radical (unpaired) electrons. The van der Waals surface area contributed by atoms with Gasteiger partial charge in [0.15, 0.2) is 0 Å². The number of hydrogen-bond donors (Lipinski definition) is 2. The molecule has 1 aromatic rings. The van der Waals surface area contributed by atoms with Gasteiger partial charge < -0.3 is 10.6 Å². The first-order valence-electron chi connectivity index (χ1n) is 6.03. The molecule has 1 aliphatic rings. The van der Waals surface area contributed by atoms with Crippen LogP contribution in [0.4, 0.5) is 10.1 Å². The number of thioether (sulfide) groups is 1. The standard InChI is InChI=1S/C13H18FN3S/c1-8-9(2)18-6-5-17(8)12-4-3-10(14)7-11(12)13(15)16/h3-4,7-9H,5-6H2,1-2H3,(H3,15,16). The van der Waals surface area contributed by atoms with E-state index in [9.17, 15) is 4.39 Å². The molecule has 1 saturated heterocycles. The summed E-state index contributed by atoms with van der Waals surface area (Å²) in [5.41, 5.74) is 6.91. The molecule has 98 valence electrons. The summed E-state index contributed by atoms with van der Waals surface area (Å²) in [6.07, 6.45) is 0. The molecule has 0 saturated carbocycles. The van der Waals surface area contributed by atoms with Crippen LogP contribution in [-0.2, 0) is 0 Å². The van der Waals surface area contributed by atoms with E-state index in [1.165, 1.54) is 12.1 Å². The summed E-state index contributed by atoms with van der Waals surface area (Å²) in [6, 6.07) is 4.86. The lowest BCUT2D eigenvalue weighted by Gasteiger charge is -2.40. The normalized spacial score (nSPS) is 24.1. The lowest BCUT2D eigenvalue weighted by molar-refractivity contribution is 0.616. The molecule has 5 heteroatoms. The van der Waals surface area contributed by atoms with E-state index < -0.39 is 0 Å². The Bertz CT molecular complexity index is 464. The molecule has 0 spiro atoms. The van der Waals surface area contributed by atoms with E-state index in [2.05, 4.69) is 18.7 Å². The summed E-state index contributed by atoms with van der Waals surface area (Å²) in [4.78, 5) is 2.22. The van der Waals surface area contributed by atoms with Gasteiger partial charge in [-0.3, -0.25) is 5.41 Å². The van der Waals surface area contributed by atoms with Gasteiger partial charge in [-0.1, -0.05) is 6.92 Å². The van der Waals surface area contributed by atoms with Crippen molar-refractivity contribution in [1.29, 1.82) is 5.41 Å². The Hall–Kier alpha value is -1.23. The Morgan fingerprint density at radius 3 is 2.89 bits per heavy atom. The number of hydrogen-bond acceptors (Lipinski definition) is 3. The Morgan fingerprint density at radius 1 is 1.50 bits per heavy atom. The van der Waals surface area contributed by atoms with Crippen molar-refractivity contribution in [3.63, 3.8) is 0 Å². The fourth-order valence-corrected chi connectivity index (χ4v) is 3.35. The first-order valence-corrected chi connectivity index (χ1v) is 7.07. The molecule has 1 fully saturated rings. The number of nitrogens with two attached hydrogens (primary N) is 1. The van der Waals surface area contributed by atoms with Crippen LogP contribution in [0.3, 0.4) is 0 Å². The number of nitrogen functional groups attached to an aromatic ring is 1. The zero-order chi connectivity index (χ0) is 13.3. The van der Waals surface area contributed by atoms with Crippen molar-refractivity contribution in [3.05, 3.63) is 29.6 Å². The molecule has 1 heterocycles. The van der Waals surface area contributed by atoms with E-state index in [4.69, 9.17) is 11.1 Å². The number of benzene rings is 1. The molecule has 18 heavy (non-hydrogen) atoms. The van der Waals surface area contributed by atoms with Gasteiger partial charge in [0.1, 0.15) is 11.7 Å². The highest BCUT2D eigenvalue weighted by molar-refractivity contribution is 8.00. The molecule has 2 atom stereocenters. The number of nitrogens with zero attached hydrogens (tertiary/aromatic N) is 1. The number of amidine groups is 1. The van der Waals surface area contributed by atoms with Crippen LogP contribution in [0.15, 0.2) is 18.2 Å². The largest absolute Gasteiger partial charge is 0.384 e. The third-order valence-electron chi connectivity index (χ3n) is 3.44. The first kappa shape index (κ1) is 13.2. The molecular weight excluding hydrogens is 249 g/mol. The average molecular weight is 267 g/mol. The minimum absolute atomic E-state index is 0.0809. The molecule has 0 bridgehead atoms. The van der Waals surface area contributed by atoms with E-state index in [1.54, 1.807) is 6.07 Å². The zero-order valence-corrected chi connectivity index (χ0v) is 11.4. The summed E-state index contributed by atoms with van der Waals surface area (Å²) >= 11 is 1.94. The molecule has 3 N–H and O–H groups in total. The van der Waals surface area contributed by atoms with Crippen LogP contribution in [-0.4, -0.2) is 29.4 Å². The van der Waals surface area contributed by atoms with E-state index in [0.717, 1.165) is 18.0 Å². The maximum absolute atomic E-state index is 13.3. The molecule has 0 amide bonds. The van der Waals surface area contributed by atoms with Crippen LogP contribution in [0.2, 0.25) is 0 Å². The summed E-state index contributed by atoms with van der Waals surface area (Å²) < 4.78 is 13.3. The monoisotopic (exact) mass is 267 g/mol. The summed E-state index contributed by atoms with van der Waals surface area (Å²) in [5.74, 6) is 0.610. The van der Waals surface area contributed by atoms with Gasteiger partial charge in [-0.15, -0.1) is 0 Å². The second-order valence-corrected chi connectivity index (χ2v) is 6.07. The molecule has 1 aliphatic heterocycles. The highest BCUT2D eigenvalue weighted by atomic mass is 32.2. The Labute approximate surface area is 111 Å². The highest BCUT2D eigenvalue weighted by Gasteiger charge is 2.27. The molecule has 0 aromatic heterocycles. The molecule has 0 aliphatic carbocycles. The highest BCUT2D eigenvalue weighted by Crippen LogP contribution is 2.31.